The van der Waals surface area contributed by atoms with Crippen LogP contribution in [-0.2, 0) is 4.74 Å². The Balaban J connectivity index is 2.65. The van der Waals surface area contributed by atoms with Crippen LogP contribution in [0.15, 0.2) is 24.5 Å². The molecule has 2 amide bonds. The Morgan fingerprint density at radius 1 is 1.54 bits per heavy atom. The molecule has 0 bridgehead atoms. The molecule has 13 heavy (non-hydrogen) atoms. The summed E-state index contributed by atoms with van der Waals surface area (Å²) in [4.78, 5) is 25.5. The lowest BCUT2D eigenvalue weighted by Crippen LogP contribution is -2.30. The first-order valence-electron chi connectivity index (χ1n) is 3.53. The zero-order valence-electron chi connectivity index (χ0n) is 6.98. The molecule has 0 aliphatic rings. The van der Waals surface area contributed by atoms with Crippen molar-refractivity contribution in [2.24, 2.45) is 0 Å². The summed E-state index contributed by atoms with van der Waals surface area (Å²) in [5, 5.41) is 2.01. The van der Waals surface area contributed by atoms with Gasteiger partial charge in [-0.2, -0.15) is 0 Å². The molecule has 0 aromatic carbocycles. The lowest BCUT2D eigenvalue weighted by atomic mass is 10.3. The average molecular weight is 180 g/mol. The molecule has 0 aliphatic carbocycles. The fourth-order valence-corrected chi connectivity index (χ4v) is 0.713. The van der Waals surface area contributed by atoms with Crippen molar-refractivity contribution < 1.29 is 14.3 Å². The van der Waals surface area contributed by atoms with Gasteiger partial charge in [0.15, 0.2) is 0 Å². The van der Waals surface area contributed by atoms with E-state index in [1.807, 2.05) is 5.32 Å². The predicted molar refractivity (Wildman–Crippen MR) is 44.1 cm³/mol. The first kappa shape index (κ1) is 9.18. The van der Waals surface area contributed by atoms with Gasteiger partial charge in [0.25, 0.3) is 5.91 Å². The Morgan fingerprint density at radius 2 is 2.31 bits per heavy atom. The summed E-state index contributed by atoms with van der Waals surface area (Å²) in [5.74, 6) is -0.528. The van der Waals surface area contributed by atoms with Crippen molar-refractivity contribution in [3.8, 4) is 0 Å². The van der Waals surface area contributed by atoms with E-state index in [9.17, 15) is 9.59 Å². The minimum absolute atomic E-state index is 0.313. The molecule has 0 unspecified atom stereocenters. The summed E-state index contributed by atoms with van der Waals surface area (Å²) in [6, 6.07) is 3.15. The van der Waals surface area contributed by atoms with Gasteiger partial charge >= 0.3 is 6.09 Å². The van der Waals surface area contributed by atoms with E-state index in [0.717, 1.165) is 0 Å². The van der Waals surface area contributed by atoms with Gasteiger partial charge in [-0.3, -0.25) is 15.1 Å². The number of carbonyl (C=O) groups is 2. The van der Waals surface area contributed by atoms with Gasteiger partial charge < -0.3 is 4.74 Å². The molecule has 1 rings (SSSR count). The van der Waals surface area contributed by atoms with Crippen molar-refractivity contribution in [3.05, 3.63) is 30.1 Å². The van der Waals surface area contributed by atoms with Crippen molar-refractivity contribution in [3.63, 3.8) is 0 Å². The molecule has 0 aliphatic heterocycles. The molecule has 5 heteroatoms. The number of aromatic nitrogens is 1. The van der Waals surface area contributed by atoms with Crippen LogP contribution in [0.1, 0.15) is 10.4 Å². The molecule has 0 saturated carbocycles. The molecule has 1 heterocycles. The van der Waals surface area contributed by atoms with Gasteiger partial charge in [0, 0.05) is 12.4 Å². The molecule has 0 saturated heterocycles. The minimum atomic E-state index is -0.783. The highest BCUT2D eigenvalue weighted by molar-refractivity contribution is 6.02. The quantitative estimate of drug-likeness (QED) is 0.686. The largest absolute Gasteiger partial charge is 0.453 e. The van der Waals surface area contributed by atoms with Crippen LogP contribution in [0.25, 0.3) is 0 Å². The SMILES string of the molecule is COC(=O)NC(=O)c1cccnc1. The summed E-state index contributed by atoms with van der Waals surface area (Å²) in [7, 11) is 1.19. The lowest BCUT2D eigenvalue weighted by Gasteiger charge is -2.00. The summed E-state index contributed by atoms with van der Waals surface area (Å²) >= 11 is 0. The maximum absolute atomic E-state index is 11.2. The molecule has 1 N–H and O–H groups in total. The zero-order chi connectivity index (χ0) is 9.68. The molecule has 1 aromatic rings. The third-order valence-electron chi connectivity index (χ3n) is 1.32. The van der Waals surface area contributed by atoms with Crippen LogP contribution in [0, 0.1) is 0 Å². The van der Waals surface area contributed by atoms with E-state index in [2.05, 4.69) is 9.72 Å². The number of nitrogens with zero attached hydrogens (tertiary/aromatic N) is 1. The molecule has 1 aromatic heterocycles. The Kier molecular flexibility index (Phi) is 2.97. The maximum atomic E-state index is 11.2. The third-order valence-corrected chi connectivity index (χ3v) is 1.32. The number of carbonyl (C=O) groups excluding carboxylic acids is 2. The molecule has 0 fully saturated rings. The minimum Gasteiger partial charge on any atom is -0.453 e. The number of imide groups is 1. The van der Waals surface area contributed by atoms with Gasteiger partial charge in [-0.15, -0.1) is 0 Å². The van der Waals surface area contributed by atoms with E-state index in [0.29, 0.717) is 5.56 Å². The molecule has 68 valence electrons. The number of amides is 2. The number of ether oxygens (including phenoxy) is 1. The first-order chi connectivity index (χ1) is 6.24. The van der Waals surface area contributed by atoms with E-state index in [-0.39, 0.29) is 0 Å². The number of hydrogen-bond donors (Lipinski definition) is 1. The Labute approximate surface area is 74.7 Å². The molecule has 0 radical (unpaired) electrons. The second-order valence-corrected chi connectivity index (χ2v) is 2.19. The number of pyridine rings is 1. The third kappa shape index (κ3) is 2.55. The number of rotatable bonds is 1. The number of nitrogens with one attached hydrogen (secondary N) is 1. The second-order valence-electron chi connectivity index (χ2n) is 2.19. The van der Waals surface area contributed by atoms with E-state index in [1.165, 1.54) is 19.5 Å². The van der Waals surface area contributed by atoms with Crippen LogP contribution in [-0.4, -0.2) is 24.1 Å². The maximum Gasteiger partial charge on any atom is 0.413 e. The number of methoxy groups -OCH3 is 1. The summed E-state index contributed by atoms with van der Waals surface area (Å²) in [6.07, 6.45) is 2.11. The average Bonchev–Trinajstić information content (AvgIpc) is 2.19. The normalized spacial score (nSPS) is 9.00. The van der Waals surface area contributed by atoms with Crippen molar-refractivity contribution in [1.29, 1.82) is 0 Å². The standard InChI is InChI=1S/C8H8N2O3/c1-13-8(12)10-7(11)6-3-2-4-9-5-6/h2-5H,1H3,(H,10,11,12). The van der Waals surface area contributed by atoms with Crippen molar-refractivity contribution in [2.75, 3.05) is 7.11 Å². The predicted octanol–water partition coefficient (Wildman–Crippen LogP) is 0.578. The number of alkyl carbamates (subject to hydrolysis) is 1. The Hall–Kier alpha value is -1.91. The topological polar surface area (TPSA) is 68.3 Å². The highest BCUT2D eigenvalue weighted by Gasteiger charge is 2.08. The van der Waals surface area contributed by atoms with Crippen LogP contribution >= 0.6 is 0 Å². The number of hydrogen-bond acceptors (Lipinski definition) is 4. The van der Waals surface area contributed by atoms with Crippen molar-refractivity contribution in [1.82, 2.24) is 10.3 Å². The first-order valence-corrected chi connectivity index (χ1v) is 3.53. The van der Waals surface area contributed by atoms with Crippen LogP contribution in [0.3, 0.4) is 0 Å². The van der Waals surface area contributed by atoms with Gasteiger partial charge in [0.2, 0.25) is 0 Å². The zero-order valence-corrected chi connectivity index (χ0v) is 6.98. The molecule has 5 nitrogen and oxygen atoms in total. The van der Waals surface area contributed by atoms with E-state index in [4.69, 9.17) is 0 Å². The Bertz CT molecular complexity index is 310. The fourth-order valence-electron chi connectivity index (χ4n) is 0.713. The summed E-state index contributed by atoms with van der Waals surface area (Å²) in [6.45, 7) is 0. The van der Waals surface area contributed by atoms with Crippen LogP contribution in [0.2, 0.25) is 0 Å². The van der Waals surface area contributed by atoms with Gasteiger partial charge in [0.1, 0.15) is 0 Å². The lowest BCUT2D eigenvalue weighted by molar-refractivity contribution is 0.0936. The van der Waals surface area contributed by atoms with Gasteiger partial charge in [-0.05, 0) is 12.1 Å². The van der Waals surface area contributed by atoms with Crippen molar-refractivity contribution in [2.45, 2.75) is 0 Å². The fraction of sp³-hybridized carbons (Fsp3) is 0.125. The monoisotopic (exact) mass is 180 g/mol. The smallest absolute Gasteiger partial charge is 0.413 e. The van der Waals surface area contributed by atoms with Crippen LogP contribution in [0.4, 0.5) is 4.79 Å². The van der Waals surface area contributed by atoms with Gasteiger partial charge in [-0.25, -0.2) is 4.79 Å². The highest BCUT2D eigenvalue weighted by atomic mass is 16.5. The van der Waals surface area contributed by atoms with E-state index < -0.39 is 12.0 Å². The molecule has 0 atom stereocenters. The second kappa shape index (κ2) is 4.20. The molecular formula is C8H8N2O3. The van der Waals surface area contributed by atoms with Gasteiger partial charge in [0.05, 0.1) is 12.7 Å². The van der Waals surface area contributed by atoms with Crippen LogP contribution < -0.4 is 5.32 Å². The highest BCUT2D eigenvalue weighted by Crippen LogP contribution is 1.94. The molecule has 0 spiro atoms. The summed E-state index contributed by atoms with van der Waals surface area (Å²) < 4.78 is 4.25. The Morgan fingerprint density at radius 3 is 2.85 bits per heavy atom. The summed E-state index contributed by atoms with van der Waals surface area (Å²) in [5.41, 5.74) is 0.313. The molecular weight excluding hydrogens is 172 g/mol. The van der Waals surface area contributed by atoms with E-state index >= 15 is 0 Å². The van der Waals surface area contributed by atoms with Gasteiger partial charge in [-0.1, -0.05) is 0 Å². The van der Waals surface area contributed by atoms with E-state index in [1.54, 1.807) is 12.1 Å². The van der Waals surface area contributed by atoms with Crippen LogP contribution in [0.5, 0.6) is 0 Å². The van der Waals surface area contributed by atoms with Crippen molar-refractivity contribution >= 4 is 12.0 Å².